The van der Waals surface area contributed by atoms with Crippen LogP contribution in [0.1, 0.15) is 26.7 Å². The molecule has 2 saturated heterocycles. The largest absolute Gasteiger partial charge is 0.491 e. The molecule has 0 radical (unpaired) electrons. The summed E-state index contributed by atoms with van der Waals surface area (Å²) >= 11 is 0. The van der Waals surface area contributed by atoms with E-state index in [1.807, 2.05) is 29.2 Å². The molecule has 2 fully saturated rings. The zero-order valence-electron chi connectivity index (χ0n) is 17.0. The van der Waals surface area contributed by atoms with Gasteiger partial charge >= 0.3 is 6.03 Å². The maximum atomic E-state index is 12.7. The molecule has 1 aromatic carbocycles. The molecule has 3 amide bonds. The minimum absolute atomic E-state index is 0.119. The van der Waals surface area contributed by atoms with Gasteiger partial charge in [-0.15, -0.1) is 0 Å². The number of para-hydroxylation sites is 2. The third-order valence-corrected chi connectivity index (χ3v) is 5.18. The summed E-state index contributed by atoms with van der Waals surface area (Å²) in [7, 11) is 0. The first-order valence-corrected chi connectivity index (χ1v) is 10.3. The lowest BCUT2D eigenvalue weighted by Gasteiger charge is -2.35. The predicted octanol–water partition coefficient (Wildman–Crippen LogP) is 2.49. The van der Waals surface area contributed by atoms with Gasteiger partial charge in [0.15, 0.2) is 0 Å². The Bertz CT molecular complexity index is 665. The van der Waals surface area contributed by atoms with Crippen LogP contribution in [0.4, 0.5) is 10.5 Å². The number of urea groups is 1. The molecule has 0 unspecified atom stereocenters. The van der Waals surface area contributed by atoms with Crippen LogP contribution in [0.5, 0.6) is 5.75 Å². The van der Waals surface area contributed by atoms with E-state index in [0.29, 0.717) is 43.6 Å². The second-order valence-electron chi connectivity index (χ2n) is 7.98. The van der Waals surface area contributed by atoms with E-state index in [2.05, 4.69) is 24.1 Å². The van der Waals surface area contributed by atoms with Gasteiger partial charge in [-0.2, -0.15) is 0 Å². The van der Waals surface area contributed by atoms with Gasteiger partial charge in [0, 0.05) is 39.3 Å². The average molecular weight is 389 g/mol. The molecule has 2 heterocycles. The summed E-state index contributed by atoms with van der Waals surface area (Å²) < 4.78 is 5.81. The van der Waals surface area contributed by atoms with Crippen molar-refractivity contribution in [2.75, 3.05) is 57.7 Å². The Morgan fingerprint density at radius 3 is 2.36 bits per heavy atom. The van der Waals surface area contributed by atoms with Crippen LogP contribution in [-0.4, -0.2) is 79.1 Å². The van der Waals surface area contributed by atoms with Crippen molar-refractivity contribution in [3.05, 3.63) is 24.3 Å². The Kier molecular flexibility index (Phi) is 7.14. The summed E-state index contributed by atoms with van der Waals surface area (Å²) in [4.78, 5) is 30.9. The lowest BCUT2D eigenvalue weighted by molar-refractivity contribution is -0.131. The average Bonchev–Trinajstić information content (AvgIpc) is 3.23. The van der Waals surface area contributed by atoms with E-state index in [-0.39, 0.29) is 11.9 Å². The normalized spacial score (nSPS) is 17.8. The summed E-state index contributed by atoms with van der Waals surface area (Å²) in [6.07, 6.45) is 2.23. The Morgan fingerprint density at radius 1 is 1.00 bits per heavy atom. The number of piperazine rings is 1. The highest BCUT2D eigenvalue weighted by molar-refractivity contribution is 5.91. The number of rotatable bonds is 6. The van der Waals surface area contributed by atoms with Gasteiger partial charge in [0.25, 0.3) is 0 Å². The summed E-state index contributed by atoms with van der Waals surface area (Å²) in [5.74, 6) is 1.33. The van der Waals surface area contributed by atoms with Gasteiger partial charge in [-0.05, 0) is 30.9 Å². The van der Waals surface area contributed by atoms with E-state index < -0.39 is 0 Å². The number of nitrogens with zero attached hydrogens (tertiary/aromatic N) is 3. The summed E-state index contributed by atoms with van der Waals surface area (Å²) in [5.41, 5.74) is 0.694. The molecule has 1 N–H and O–H groups in total. The molecule has 0 aromatic heterocycles. The van der Waals surface area contributed by atoms with Crippen LogP contribution < -0.4 is 10.1 Å². The number of carbonyl (C=O) groups is 2. The van der Waals surface area contributed by atoms with Crippen LogP contribution in [0.2, 0.25) is 0 Å². The van der Waals surface area contributed by atoms with Gasteiger partial charge in [0.05, 0.1) is 18.8 Å². The second-order valence-corrected chi connectivity index (χ2v) is 7.98. The van der Waals surface area contributed by atoms with Crippen molar-refractivity contribution in [1.82, 2.24) is 14.7 Å². The standard InChI is InChI=1S/C21H32N4O3/c1-17(2)16-28-19-8-4-3-7-18(19)22-21(27)25-13-11-23(12-14-25)15-20(26)24-9-5-6-10-24/h3-4,7-8,17H,5-6,9-16H2,1-2H3,(H,22,27). The van der Waals surface area contributed by atoms with Gasteiger partial charge < -0.3 is 19.9 Å². The van der Waals surface area contributed by atoms with Gasteiger partial charge in [0.2, 0.25) is 5.91 Å². The van der Waals surface area contributed by atoms with Crippen LogP contribution in [0, 0.1) is 5.92 Å². The molecule has 2 aliphatic heterocycles. The summed E-state index contributed by atoms with van der Waals surface area (Å²) in [6.45, 7) is 9.71. The van der Waals surface area contributed by atoms with Crippen molar-refractivity contribution in [3.63, 3.8) is 0 Å². The molecule has 7 heteroatoms. The molecule has 7 nitrogen and oxygen atoms in total. The third-order valence-electron chi connectivity index (χ3n) is 5.18. The molecule has 0 atom stereocenters. The number of ether oxygens (including phenoxy) is 1. The Balaban J connectivity index is 1.47. The Labute approximate surface area is 167 Å². The van der Waals surface area contributed by atoms with Crippen molar-refractivity contribution in [1.29, 1.82) is 0 Å². The second kappa shape index (κ2) is 9.78. The van der Waals surface area contributed by atoms with Crippen LogP contribution in [-0.2, 0) is 4.79 Å². The fourth-order valence-corrected chi connectivity index (χ4v) is 3.51. The minimum atomic E-state index is -0.119. The number of likely N-dealkylation sites (tertiary alicyclic amines) is 1. The van der Waals surface area contributed by atoms with E-state index in [0.717, 1.165) is 39.0 Å². The number of nitrogens with one attached hydrogen (secondary N) is 1. The maximum Gasteiger partial charge on any atom is 0.322 e. The fraction of sp³-hybridized carbons (Fsp3) is 0.619. The molecule has 0 aliphatic carbocycles. The number of amides is 3. The van der Waals surface area contributed by atoms with Crippen LogP contribution in [0.3, 0.4) is 0 Å². The molecule has 0 spiro atoms. The lowest BCUT2D eigenvalue weighted by Crippen LogP contribution is -2.52. The van der Waals surface area contributed by atoms with Crippen molar-refractivity contribution >= 4 is 17.6 Å². The highest BCUT2D eigenvalue weighted by Crippen LogP contribution is 2.24. The molecule has 2 aliphatic rings. The summed E-state index contributed by atoms with van der Waals surface area (Å²) in [5, 5.41) is 2.97. The quantitative estimate of drug-likeness (QED) is 0.813. The zero-order valence-corrected chi connectivity index (χ0v) is 17.0. The molecule has 28 heavy (non-hydrogen) atoms. The zero-order chi connectivity index (χ0) is 19.9. The molecule has 3 rings (SSSR count). The molecule has 0 bridgehead atoms. The Hall–Kier alpha value is -2.28. The van der Waals surface area contributed by atoms with Crippen LogP contribution in [0.25, 0.3) is 0 Å². The van der Waals surface area contributed by atoms with Gasteiger partial charge in [-0.1, -0.05) is 26.0 Å². The van der Waals surface area contributed by atoms with E-state index in [9.17, 15) is 9.59 Å². The number of hydrogen-bond acceptors (Lipinski definition) is 4. The van der Waals surface area contributed by atoms with Crippen molar-refractivity contribution in [3.8, 4) is 5.75 Å². The maximum absolute atomic E-state index is 12.7. The van der Waals surface area contributed by atoms with Crippen LogP contribution >= 0.6 is 0 Å². The first kappa shape index (κ1) is 20.5. The molecular weight excluding hydrogens is 356 g/mol. The van der Waals surface area contributed by atoms with Gasteiger partial charge in [-0.25, -0.2) is 4.79 Å². The number of hydrogen-bond donors (Lipinski definition) is 1. The fourth-order valence-electron chi connectivity index (χ4n) is 3.51. The molecule has 0 saturated carbocycles. The Morgan fingerprint density at radius 2 is 1.68 bits per heavy atom. The number of benzene rings is 1. The lowest BCUT2D eigenvalue weighted by atomic mass is 10.2. The summed E-state index contributed by atoms with van der Waals surface area (Å²) in [6, 6.07) is 7.41. The van der Waals surface area contributed by atoms with Gasteiger partial charge in [-0.3, -0.25) is 9.69 Å². The highest BCUT2D eigenvalue weighted by atomic mass is 16.5. The topological polar surface area (TPSA) is 65.1 Å². The van der Waals surface area contributed by atoms with Crippen molar-refractivity contribution in [2.24, 2.45) is 5.92 Å². The first-order valence-electron chi connectivity index (χ1n) is 10.3. The molecule has 1 aromatic rings. The predicted molar refractivity (Wildman–Crippen MR) is 110 cm³/mol. The minimum Gasteiger partial charge on any atom is -0.491 e. The first-order chi connectivity index (χ1) is 13.5. The smallest absolute Gasteiger partial charge is 0.322 e. The highest BCUT2D eigenvalue weighted by Gasteiger charge is 2.25. The van der Waals surface area contributed by atoms with Crippen molar-refractivity contribution < 1.29 is 14.3 Å². The van der Waals surface area contributed by atoms with Gasteiger partial charge in [0.1, 0.15) is 5.75 Å². The number of carbonyl (C=O) groups excluding carboxylic acids is 2. The van der Waals surface area contributed by atoms with E-state index in [1.54, 1.807) is 4.90 Å². The van der Waals surface area contributed by atoms with E-state index in [4.69, 9.17) is 4.74 Å². The number of anilines is 1. The monoisotopic (exact) mass is 388 g/mol. The SMILES string of the molecule is CC(C)COc1ccccc1NC(=O)N1CCN(CC(=O)N2CCCC2)CC1. The van der Waals surface area contributed by atoms with E-state index >= 15 is 0 Å². The van der Waals surface area contributed by atoms with E-state index in [1.165, 1.54) is 0 Å². The van der Waals surface area contributed by atoms with Crippen LogP contribution in [0.15, 0.2) is 24.3 Å². The molecule has 154 valence electrons. The third kappa shape index (κ3) is 5.61. The molecular formula is C21H32N4O3. The van der Waals surface area contributed by atoms with Crippen molar-refractivity contribution in [2.45, 2.75) is 26.7 Å².